The number of rotatable bonds is 6. The maximum atomic E-state index is 9.79. The zero-order valence-corrected chi connectivity index (χ0v) is 17.6. The van der Waals surface area contributed by atoms with Crippen LogP contribution >= 0.6 is 15.9 Å². The molecule has 0 saturated carbocycles. The minimum Gasteiger partial charge on any atom is -0.504 e. The molecule has 0 unspecified atom stereocenters. The van der Waals surface area contributed by atoms with E-state index >= 15 is 0 Å². The van der Waals surface area contributed by atoms with Crippen molar-refractivity contribution in [3.05, 3.63) is 71.3 Å². The molecule has 30 heavy (non-hydrogen) atoms. The van der Waals surface area contributed by atoms with Crippen molar-refractivity contribution in [1.82, 2.24) is 4.98 Å². The van der Waals surface area contributed by atoms with E-state index in [1.54, 1.807) is 12.3 Å². The monoisotopic (exact) mass is 467 g/mol. The quantitative estimate of drug-likeness (QED) is 0.320. The maximum Gasteiger partial charge on any atom is 0.226 e. The molecule has 0 atom stereocenters. The van der Waals surface area contributed by atoms with Crippen molar-refractivity contribution in [3.8, 4) is 51.5 Å². The van der Waals surface area contributed by atoms with Crippen molar-refractivity contribution in [2.45, 2.75) is 6.92 Å². The Labute approximate surface area is 181 Å². The van der Waals surface area contributed by atoms with Gasteiger partial charge in [0.15, 0.2) is 17.3 Å². The molecule has 0 bridgehead atoms. The number of ether oxygens (including phenoxy) is 2. The average molecular weight is 468 g/mol. The number of aromatic hydroxyl groups is 2. The van der Waals surface area contributed by atoms with Crippen LogP contribution in [0.15, 0.2) is 75.8 Å². The molecule has 4 rings (SSSR count). The Morgan fingerprint density at radius 3 is 2.17 bits per heavy atom. The number of aromatic nitrogens is 1. The Hall–Kier alpha value is -3.45. The maximum absolute atomic E-state index is 9.79. The van der Waals surface area contributed by atoms with Gasteiger partial charge in [0.05, 0.1) is 17.3 Å². The SMILES string of the molecule is CCOc1ccc(Oc2ccc(-c3cnc(-c4cc(O)c(O)c(Br)c4)o3)cc2)cc1. The van der Waals surface area contributed by atoms with Crippen molar-refractivity contribution < 1.29 is 24.1 Å². The lowest BCUT2D eigenvalue weighted by Gasteiger charge is -2.08. The molecule has 2 N–H and O–H groups in total. The second-order valence-corrected chi connectivity index (χ2v) is 7.24. The first-order valence-corrected chi connectivity index (χ1v) is 10.0. The molecule has 0 aliphatic carbocycles. The summed E-state index contributed by atoms with van der Waals surface area (Å²) in [6.45, 7) is 2.56. The summed E-state index contributed by atoms with van der Waals surface area (Å²) in [6.07, 6.45) is 1.61. The Bertz CT molecular complexity index is 1130. The van der Waals surface area contributed by atoms with Crippen LogP contribution in [-0.2, 0) is 0 Å². The average Bonchev–Trinajstić information content (AvgIpc) is 3.24. The van der Waals surface area contributed by atoms with E-state index in [4.69, 9.17) is 13.9 Å². The van der Waals surface area contributed by atoms with Crippen LogP contribution < -0.4 is 9.47 Å². The number of hydrogen-bond donors (Lipinski definition) is 2. The van der Waals surface area contributed by atoms with Gasteiger partial charge in [-0.05, 0) is 83.5 Å². The highest BCUT2D eigenvalue weighted by atomic mass is 79.9. The molecule has 0 fully saturated rings. The lowest BCUT2D eigenvalue weighted by molar-refractivity contribution is 0.339. The summed E-state index contributed by atoms with van der Waals surface area (Å²) in [5.74, 6) is 2.62. The zero-order chi connectivity index (χ0) is 21.1. The number of hydrogen-bond acceptors (Lipinski definition) is 6. The second-order valence-electron chi connectivity index (χ2n) is 6.39. The lowest BCUT2D eigenvalue weighted by Crippen LogP contribution is -1.91. The summed E-state index contributed by atoms with van der Waals surface area (Å²) in [6, 6.07) is 17.9. The Kier molecular flexibility index (Phi) is 5.63. The third kappa shape index (κ3) is 4.26. The van der Waals surface area contributed by atoms with Gasteiger partial charge in [0.25, 0.3) is 0 Å². The van der Waals surface area contributed by atoms with Crippen LogP contribution in [0.5, 0.6) is 28.7 Å². The standard InChI is InChI=1S/C23H18BrNO5/c1-2-28-16-7-9-18(10-8-16)29-17-5-3-14(4-6-17)21-13-25-23(30-21)15-11-19(24)22(27)20(26)12-15/h3-13,26-27H,2H2,1H3. The number of phenolic OH excluding ortho intramolecular Hbond substituents is 2. The van der Waals surface area contributed by atoms with E-state index < -0.39 is 0 Å². The van der Waals surface area contributed by atoms with E-state index in [-0.39, 0.29) is 11.5 Å². The highest BCUT2D eigenvalue weighted by molar-refractivity contribution is 9.10. The molecule has 0 aliphatic heterocycles. The van der Waals surface area contributed by atoms with E-state index in [1.807, 2.05) is 55.5 Å². The van der Waals surface area contributed by atoms with Gasteiger partial charge in [-0.25, -0.2) is 4.98 Å². The van der Waals surface area contributed by atoms with Crippen LogP contribution in [0.1, 0.15) is 6.92 Å². The molecular weight excluding hydrogens is 450 g/mol. The number of benzene rings is 3. The van der Waals surface area contributed by atoms with Crippen molar-refractivity contribution in [3.63, 3.8) is 0 Å². The molecule has 0 aliphatic rings. The summed E-state index contributed by atoms with van der Waals surface area (Å²) in [5, 5.41) is 19.5. The van der Waals surface area contributed by atoms with Crippen LogP contribution in [0.25, 0.3) is 22.8 Å². The summed E-state index contributed by atoms with van der Waals surface area (Å²) < 4.78 is 17.5. The van der Waals surface area contributed by atoms with E-state index in [0.29, 0.717) is 39.8 Å². The van der Waals surface area contributed by atoms with Crippen LogP contribution in [0.2, 0.25) is 0 Å². The van der Waals surface area contributed by atoms with Gasteiger partial charge < -0.3 is 24.1 Å². The number of oxazole rings is 1. The Morgan fingerprint density at radius 1 is 0.900 bits per heavy atom. The highest BCUT2D eigenvalue weighted by Crippen LogP contribution is 2.38. The zero-order valence-electron chi connectivity index (χ0n) is 16.0. The first-order chi connectivity index (χ1) is 14.5. The van der Waals surface area contributed by atoms with Crippen molar-refractivity contribution >= 4 is 15.9 Å². The third-order valence-corrected chi connectivity index (χ3v) is 4.91. The van der Waals surface area contributed by atoms with Gasteiger partial charge in [0.2, 0.25) is 5.89 Å². The Balaban J connectivity index is 1.49. The topological polar surface area (TPSA) is 85.0 Å². The Morgan fingerprint density at radius 2 is 1.53 bits per heavy atom. The number of phenols is 2. The first-order valence-electron chi connectivity index (χ1n) is 9.22. The molecule has 0 saturated heterocycles. The fourth-order valence-corrected chi connectivity index (χ4v) is 3.29. The van der Waals surface area contributed by atoms with E-state index in [2.05, 4.69) is 20.9 Å². The molecule has 1 aromatic heterocycles. The van der Waals surface area contributed by atoms with Crippen molar-refractivity contribution in [1.29, 1.82) is 0 Å². The van der Waals surface area contributed by atoms with Gasteiger partial charge in [-0.15, -0.1) is 0 Å². The number of halogens is 1. The van der Waals surface area contributed by atoms with Crippen molar-refractivity contribution in [2.24, 2.45) is 0 Å². The normalized spacial score (nSPS) is 10.7. The molecule has 0 radical (unpaired) electrons. The van der Waals surface area contributed by atoms with E-state index in [0.717, 1.165) is 11.3 Å². The van der Waals surface area contributed by atoms with Gasteiger partial charge in [0, 0.05) is 11.1 Å². The molecule has 152 valence electrons. The smallest absolute Gasteiger partial charge is 0.226 e. The molecular formula is C23H18BrNO5. The molecule has 6 nitrogen and oxygen atoms in total. The molecule has 1 heterocycles. The first kappa shape index (κ1) is 19.8. The highest BCUT2D eigenvalue weighted by Gasteiger charge is 2.13. The fraction of sp³-hybridized carbons (Fsp3) is 0.0870. The summed E-state index contributed by atoms with van der Waals surface area (Å²) in [5.41, 5.74) is 1.37. The molecule has 3 aromatic carbocycles. The molecule has 4 aromatic rings. The van der Waals surface area contributed by atoms with Crippen molar-refractivity contribution in [2.75, 3.05) is 6.61 Å². The van der Waals surface area contributed by atoms with E-state index in [1.165, 1.54) is 6.07 Å². The minimum atomic E-state index is -0.255. The van der Waals surface area contributed by atoms with Gasteiger partial charge in [-0.1, -0.05) is 0 Å². The molecule has 0 amide bonds. The number of nitrogens with zero attached hydrogens (tertiary/aromatic N) is 1. The summed E-state index contributed by atoms with van der Waals surface area (Å²) >= 11 is 3.19. The van der Waals surface area contributed by atoms with Crippen LogP contribution in [0, 0.1) is 0 Å². The molecule has 7 heteroatoms. The minimum absolute atomic E-state index is 0.228. The predicted octanol–water partition coefficient (Wildman–Crippen LogP) is 6.37. The third-order valence-electron chi connectivity index (χ3n) is 4.31. The second kappa shape index (κ2) is 8.51. The largest absolute Gasteiger partial charge is 0.504 e. The van der Waals surface area contributed by atoms with Crippen LogP contribution in [0.3, 0.4) is 0 Å². The van der Waals surface area contributed by atoms with Gasteiger partial charge in [-0.2, -0.15) is 0 Å². The summed E-state index contributed by atoms with van der Waals surface area (Å²) in [4.78, 5) is 4.26. The molecule has 0 spiro atoms. The van der Waals surface area contributed by atoms with Gasteiger partial charge in [0.1, 0.15) is 17.2 Å². The predicted molar refractivity (Wildman–Crippen MR) is 116 cm³/mol. The lowest BCUT2D eigenvalue weighted by atomic mass is 10.2. The summed E-state index contributed by atoms with van der Waals surface area (Å²) in [7, 11) is 0. The fourth-order valence-electron chi connectivity index (χ4n) is 2.84. The van der Waals surface area contributed by atoms with Gasteiger partial charge in [-0.3, -0.25) is 0 Å². The van der Waals surface area contributed by atoms with E-state index in [9.17, 15) is 10.2 Å². The van der Waals surface area contributed by atoms with Gasteiger partial charge >= 0.3 is 0 Å². The van der Waals surface area contributed by atoms with Crippen LogP contribution in [-0.4, -0.2) is 21.8 Å². The van der Waals surface area contributed by atoms with Crippen LogP contribution in [0.4, 0.5) is 0 Å².